The maximum absolute atomic E-state index is 14.1. The zero-order valence-corrected chi connectivity index (χ0v) is 23.8. The molecule has 3 aliphatic heterocycles. The van der Waals surface area contributed by atoms with E-state index in [9.17, 15) is 9.59 Å². The van der Waals surface area contributed by atoms with Gasteiger partial charge in [-0.05, 0) is 71.8 Å². The van der Waals surface area contributed by atoms with Crippen molar-refractivity contribution in [3.05, 3.63) is 95.7 Å². The molecule has 0 saturated carbocycles. The fourth-order valence-corrected chi connectivity index (χ4v) is 6.73. The molecule has 3 amide bonds. The third-order valence-corrected chi connectivity index (χ3v) is 9.24. The van der Waals surface area contributed by atoms with Gasteiger partial charge in [-0.2, -0.15) is 0 Å². The Morgan fingerprint density at radius 1 is 0.976 bits per heavy atom. The van der Waals surface area contributed by atoms with Gasteiger partial charge in [0.2, 0.25) is 0 Å². The molecule has 216 valence electrons. The molecule has 4 heterocycles. The summed E-state index contributed by atoms with van der Waals surface area (Å²) < 4.78 is 5.46. The number of likely N-dealkylation sites (tertiary alicyclic amines) is 1. The van der Waals surface area contributed by atoms with Crippen LogP contribution >= 0.6 is 0 Å². The molecule has 3 fully saturated rings. The monoisotopic (exact) mass is 564 g/mol. The number of methoxy groups -OCH3 is 1. The van der Waals surface area contributed by atoms with Crippen LogP contribution in [0.5, 0.6) is 5.75 Å². The van der Waals surface area contributed by atoms with E-state index < -0.39 is 0 Å². The minimum Gasteiger partial charge on any atom is -0.497 e. The van der Waals surface area contributed by atoms with Crippen LogP contribution < -0.4 is 20.5 Å². The summed E-state index contributed by atoms with van der Waals surface area (Å²) in [5.74, 6) is 1.23. The van der Waals surface area contributed by atoms with Crippen molar-refractivity contribution in [2.75, 3.05) is 44.7 Å². The van der Waals surface area contributed by atoms with E-state index in [2.05, 4.69) is 40.1 Å². The number of urea groups is 1. The average Bonchev–Trinajstić information content (AvgIpc) is 3.79. The van der Waals surface area contributed by atoms with Crippen LogP contribution in [0.25, 0.3) is 10.9 Å². The lowest BCUT2D eigenvalue weighted by Crippen LogP contribution is -2.55. The number of hydrogen-bond acceptors (Lipinski definition) is 5. The Labute approximate surface area is 245 Å². The van der Waals surface area contributed by atoms with Crippen molar-refractivity contribution >= 4 is 28.5 Å². The van der Waals surface area contributed by atoms with Crippen molar-refractivity contribution in [1.82, 2.24) is 25.6 Å². The number of H-pyrrole nitrogens is 1. The zero-order chi connectivity index (χ0) is 28.7. The minimum atomic E-state index is -0.377. The molecule has 3 aliphatic rings. The van der Waals surface area contributed by atoms with Gasteiger partial charge in [0.1, 0.15) is 5.75 Å². The Bertz CT molecular complexity index is 1600. The van der Waals surface area contributed by atoms with E-state index in [-0.39, 0.29) is 17.5 Å². The molecule has 42 heavy (non-hydrogen) atoms. The minimum absolute atomic E-state index is 0.00624. The van der Waals surface area contributed by atoms with Crippen molar-refractivity contribution in [2.45, 2.75) is 30.8 Å². The zero-order valence-electron chi connectivity index (χ0n) is 23.8. The highest BCUT2D eigenvalue weighted by Crippen LogP contribution is 2.40. The number of aromatic amines is 1. The molecule has 0 unspecified atom stereocenters. The molecule has 0 atom stereocenters. The number of carbonyl (C=O) groups excluding carboxylic acids is 2. The molecule has 3 aromatic carbocycles. The number of hydrogen-bond donors (Lipinski definition) is 3. The normalized spacial score (nSPS) is 18.9. The van der Waals surface area contributed by atoms with Crippen LogP contribution in [0.1, 0.15) is 40.2 Å². The SMILES string of the molecule is COc1cccc(CN2C(=O)N(c3ccc(C4CNNC4)cc3)CC23CCN(C(=O)c2ccc4cc[nH]c4c2)CC3)c1. The number of benzene rings is 3. The van der Waals surface area contributed by atoms with Crippen molar-refractivity contribution < 1.29 is 14.3 Å². The first-order valence-electron chi connectivity index (χ1n) is 14.7. The number of amides is 3. The lowest BCUT2D eigenvalue weighted by atomic mass is 9.86. The molecule has 4 aromatic rings. The Kier molecular flexibility index (Phi) is 6.84. The van der Waals surface area contributed by atoms with E-state index in [1.807, 2.05) is 69.4 Å². The number of rotatable bonds is 6. The van der Waals surface area contributed by atoms with Crippen LogP contribution in [0.15, 0.2) is 79.0 Å². The number of hydrazine groups is 1. The molecular formula is C33H36N6O3. The number of fused-ring (bicyclic) bond motifs is 1. The Morgan fingerprint density at radius 3 is 2.52 bits per heavy atom. The third-order valence-electron chi connectivity index (χ3n) is 9.24. The summed E-state index contributed by atoms with van der Waals surface area (Å²) in [7, 11) is 1.66. The molecule has 3 saturated heterocycles. The molecule has 9 nitrogen and oxygen atoms in total. The van der Waals surface area contributed by atoms with Crippen molar-refractivity contribution in [3.63, 3.8) is 0 Å². The molecule has 1 spiro atoms. The average molecular weight is 565 g/mol. The first-order valence-corrected chi connectivity index (χ1v) is 14.7. The number of nitrogens with one attached hydrogen (secondary N) is 3. The van der Waals surface area contributed by atoms with E-state index in [4.69, 9.17) is 4.74 Å². The molecule has 1 aromatic heterocycles. The topological polar surface area (TPSA) is 92.9 Å². The van der Waals surface area contributed by atoms with Gasteiger partial charge in [-0.15, -0.1) is 0 Å². The van der Waals surface area contributed by atoms with Crippen molar-refractivity contribution in [3.8, 4) is 5.75 Å². The lowest BCUT2D eigenvalue weighted by Gasteiger charge is -2.43. The summed E-state index contributed by atoms with van der Waals surface area (Å²) >= 11 is 0. The number of ether oxygens (including phenoxy) is 1. The standard InChI is InChI=1S/C33H36N6O3/c1-42-29-4-2-3-23(17-29)21-39-32(41)38(28-9-7-24(8-10-28)27-19-35-36-20-27)22-33(39)12-15-37(16-13-33)31(40)26-6-5-25-11-14-34-30(25)18-26/h2-11,14,17-18,27,34-36H,12-13,15-16,19-22H2,1H3. The summed E-state index contributed by atoms with van der Waals surface area (Å²) in [5, 5.41) is 1.09. The highest BCUT2D eigenvalue weighted by atomic mass is 16.5. The fraction of sp³-hybridized carbons (Fsp3) is 0.333. The van der Waals surface area contributed by atoms with Gasteiger partial charge in [0.15, 0.2) is 0 Å². The van der Waals surface area contributed by atoms with Crippen molar-refractivity contribution in [1.29, 1.82) is 0 Å². The van der Waals surface area contributed by atoms with Gasteiger partial charge in [-0.1, -0.05) is 30.3 Å². The maximum atomic E-state index is 14.1. The van der Waals surface area contributed by atoms with Gasteiger partial charge >= 0.3 is 6.03 Å². The Balaban J connectivity index is 1.14. The van der Waals surface area contributed by atoms with Crippen LogP contribution in [0, 0.1) is 0 Å². The van der Waals surface area contributed by atoms with Gasteiger partial charge in [0.25, 0.3) is 5.91 Å². The van der Waals surface area contributed by atoms with Crippen LogP contribution in [-0.2, 0) is 6.54 Å². The lowest BCUT2D eigenvalue weighted by molar-refractivity contribution is 0.0508. The molecule has 0 aliphatic carbocycles. The highest BCUT2D eigenvalue weighted by molar-refractivity contribution is 5.98. The highest BCUT2D eigenvalue weighted by Gasteiger charge is 2.51. The van der Waals surface area contributed by atoms with Crippen LogP contribution in [0.3, 0.4) is 0 Å². The van der Waals surface area contributed by atoms with E-state index in [0.29, 0.717) is 50.5 Å². The molecular weight excluding hydrogens is 528 g/mol. The summed E-state index contributed by atoms with van der Waals surface area (Å²) in [5.41, 5.74) is 10.9. The second kappa shape index (κ2) is 10.8. The molecule has 0 bridgehead atoms. The van der Waals surface area contributed by atoms with E-state index in [0.717, 1.165) is 41.0 Å². The number of piperidine rings is 1. The van der Waals surface area contributed by atoms with E-state index in [1.54, 1.807) is 7.11 Å². The third kappa shape index (κ3) is 4.78. The molecule has 7 rings (SSSR count). The van der Waals surface area contributed by atoms with Crippen LogP contribution in [0.4, 0.5) is 10.5 Å². The quantitative estimate of drug-likeness (QED) is 0.321. The predicted octanol–water partition coefficient (Wildman–Crippen LogP) is 4.49. The van der Waals surface area contributed by atoms with Gasteiger partial charge in [0.05, 0.1) is 19.2 Å². The number of carbonyl (C=O) groups is 2. The van der Waals surface area contributed by atoms with Crippen LogP contribution in [0.2, 0.25) is 0 Å². The predicted molar refractivity (Wildman–Crippen MR) is 163 cm³/mol. The van der Waals surface area contributed by atoms with E-state index in [1.165, 1.54) is 5.56 Å². The number of nitrogens with zero attached hydrogens (tertiary/aromatic N) is 3. The second-order valence-electron chi connectivity index (χ2n) is 11.7. The van der Waals surface area contributed by atoms with Crippen molar-refractivity contribution in [2.24, 2.45) is 0 Å². The summed E-state index contributed by atoms with van der Waals surface area (Å²) in [6.07, 6.45) is 3.32. The fourth-order valence-electron chi connectivity index (χ4n) is 6.73. The smallest absolute Gasteiger partial charge is 0.325 e. The maximum Gasteiger partial charge on any atom is 0.325 e. The Morgan fingerprint density at radius 2 is 1.76 bits per heavy atom. The summed E-state index contributed by atoms with van der Waals surface area (Å²) in [6.45, 7) is 4.07. The molecule has 0 radical (unpaired) electrons. The number of aromatic nitrogens is 1. The number of anilines is 1. The van der Waals surface area contributed by atoms with Gasteiger partial charge in [0, 0.05) is 61.6 Å². The second-order valence-corrected chi connectivity index (χ2v) is 11.7. The Hall–Kier alpha value is -4.34. The van der Waals surface area contributed by atoms with Crippen LogP contribution in [-0.4, -0.2) is 72.1 Å². The summed E-state index contributed by atoms with van der Waals surface area (Å²) in [6, 6.07) is 24.2. The van der Waals surface area contributed by atoms with E-state index >= 15 is 0 Å². The van der Waals surface area contributed by atoms with Gasteiger partial charge < -0.3 is 19.5 Å². The first kappa shape index (κ1) is 26.6. The van der Waals surface area contributed by atoms with Gasteiger partial charge in [-0.3, -0.25) is 20.5 Å². The molecule has 3 N–H and O–H groups in total. The summed E-state index contributed by atoms with van der Waals surface area (Å²) in [4.78, 5) is 36.7. The largest absolute Gasteiger partial charge is 0.497 e. The first-order chi connectivity index (χ1) is 20.5. The molecule has 9 heteroatoms. The van der Waals surface area contributed by atoms with Gasteiger partial charge in [-0.25, -0.2) is 4.79 Å².